The summed E-state index contributed by atoms with van der Waals surface area (Å²) in [5.41, 5.74) is 0. The summed E-state index contributed by atoms with van der Waals surface area (Å²) in [6.45, 7) is 2.52. The van der Waals surface area contributed by atoms with E-state index in [2.05, 4.69) is 28.8 Å². The molecule has 3 heteroatoms. The van der Waals surface area contributed by atoms with Crippen LogP contribution < -0.4 is 5.32 Å². The molecule has 1 unspecified atom stereocenters. The van der Waals surface area contributed by atoms with Crippen molar-refractivity contribution in [3.63, 3.8) is 0 Å². The van der Waals surface area contributed by atoms with Gasteiger partial charge in [0.05, 0.1) is 0 Å². The van der Waals surface area contributed by atoms with Gasteiger partial charge in [0.25, 0.3) is 0 Å². The van der Waals surface area contributed by atoms with Crippen LogP contribution in [-0.4, -0.2) is 35.6 Å². The Kier molecular flexibility index (Phi) is 3.67. The standard InChI is InChI=1S/C9H17NS2/c1-2-8(1)5-10-6-9-7-11-3-4-12-9/h8-10H,1-7H2. The molecule has 0 aromatic rings. The van der Waals surface area contributed by atoms with Crippen molar-refractivity contribution < 1.29 is 0 Å². The van der Waals surface area contributed by atoms with Crippen LogP contribution in [0.1, 0.15) is 12.8 Å². The summed E-state index contributed by atoms with van der Waals surface area (Å²) in [6, 6.07) is 0. The normalized spacial score (nSPS) is 30.5. The van der Waals surface area contributed by atoms with Crippen LogP contribution in [0, 0.1) is 5.92 Å². The lowest BCUT2D eigenvalue weighted by molar-refractivity contribution is 0.637. The molecule has 0 radical (unpaired) electrons. The smallest absolute Gasteiger partial charge is 0.0263 e. The lowest BCUT2D eigenvalue weighted by Gasteiger charge is -2.21. The van der Waals surface area contributed by atoms with E-state index in [9.17, 15) is 0 Å². The van der Waals surface area contributed by atoms with Gasteiger partial charge in [-0.05, 0) is 25.3 Å². The second-order valence-electron chi connectivity index (χ2n) is 3.67. The SMILES string of the molecule is C1CSC(CNCC2CC2)CS1. The largest absolute Gasteiger partial charge is 0.315 e. The predicted molar refractivity (Wildman–Crippen MR) is 59.2 cm³/mol. The summed E-state index contributed by atoms with van der Waals surface area (Å²) in [4.78, 5) is 0. The first-order chi connectivity index (χ1) is 5.95. The van der Waals surface area contributed by atoms with Gasteiger partial charge < -0.3 is 5.32 Å². The van der Waals surface area contributed by atoms with Crippen LogP contribution in [0.2, 0.25) is 0 Å². The van der Waals surface area contributed by atoms with E-state index in [1.165, 1.54) is 43.2 Å². The number of thioether (sulfide) groups is 2. The van der Waals surface area contributed by atoms with Crippen LogP contribution >= 0.6 is 23.5 Å². The lowest BCUT2D eigenvalue weighted by atomic mass is 10.4. The molecule has 1 nitrogen and oxygen atoms in total. The molecule has 1 atom stereocenters. The molecule has 1 saturated carbocycles. The molecule has 1 aliphatic heterocycles. The van der Waals surface area contributed by atoms with Crippen LogP contribution in [0.4, 0.5) is 0 Å². The molecule has 1 aliphatic carbocycles. The van der Waals surface area contributed by atoms with Gasteiger partial charge in [0.1, 0.15) is 0 Å². The predicted octanol–water partition coefficient (Wildman–Crippen LogP) is 1.83. The molecule has 0 aromatic heterocycles. The first-order valence-electron chi connectivity index (χ1n) is 4.85. The third-order valence-corrected chi connectivity index (χ3v) is 5.23. The minimum absolute atomic E-state index is 0.891. The fourth-order valence-electron chi connectivity index (χ4n) is 1.42. The van der Waals surface area contributed by atoms with E-state index in [0.717, 1.165) is 11.2 Å². The molecule has 1 heterocycles. The zero-order chi connectivity index (χ0) is 8.23. The minimum atomic E-state index is 0.891. The highest BCUT2D eigenvalue weighted by molar-refractivity contribution is 8.06. The Morgan fingerprint density at radius 2 is 2.08 bits per heavy atom. The van der Waals surface area contributed by atoms with Crippen LogP contribution in [-0.2, 0) is 0 Å². The van der Waals surface area contributed by atoms with E-state index in [1.54, 1.807) is 0 Å². The van der Waals surface area contributed by atoms with Crippen LogP contribution in [0.3, 0.4) is 0 Å². The van der Waals surface area contributed by atoms with Crippen molar-refractivity contribution in [2.24, 2.45) is 5.92 Å². The Morgan fingerprint density at radius 3 is 2.75 bits per heavy atom. The molecule has 2 aliphatic rings. The van der Waals surface area contributed by atoms with E-state index in [0.29, 0.717) is 0 Å². The molecule has 2 fully saturated rings. The molecule has 0 aromatic carbocycles. The fourth-order valence-corrected chi connectivity index (χ4v) is 4.07. The summed E-state index contributed by atoms with van der Waals surface area (Å²) in [5, 5.41) is 4.47. The molecule has 70 valence electrons. The second-order valence-corrected chi connectivity index (χ2v) is 6.23. The van der Waals surface area contributed by atoms with Gasteiger partial charge in [-0.3, -0.25) is 0 Å². The van der Waals surface area contributed by atoms with E-state index >= 15 is 0 Å². The second kappa shape index (κ2) is 4.77. The van der Waals surface area contributed by atoms with Crippen LogP contribution in [0.15, 0.2) is 0 Å². The van der Waals surface area contributed by atoms with Gasteiger partial charge >= 0.3 is 0 Å². The number of hydrogen-bond acceptors (Lipinski definition) is 3. The quantitative estimate of drug-likeness (QED) is 0.749. The van der Waals surface area contributed by atoms with E-state index in [-0.39, 0.29) is 0 Å². The Morgan fingerprint density at radius 1 is 1.17 bits per heavy atom. The van der Waals surface area contributed by atoms with E-state index < -0.39 is 0 Å². The summed E-state index contributed by atoms with van der Waals surface area (Å²) in [5.74, 6) is 5.12. The molecule has 0 bridgehead atoms. The minimum Gasteiger partial charge on any atom is -0.315 e. The topological polar surface area (TPSA) is 12.0 Å². The summed E-state index contributed by atoms with van der Waals surface area (Å²) in [7, 11) is 0. The first-order valence-corrected chi connectivity index (χ1v) is 7.05. The van der Waals surface area contributed by atoms with Crippen molar-refractivity contribution in [2.75, 3.05) is 30.3 Å². The van der Waals surface area contributed by atoms with E-state index in [4.69, 9.17) is 0 Å². The summed E-state index contributed by atoms with van der Waals surface area (Å²) >= 11 is 4.27. The van der Waals surface area contributed by atoms with Crippen LogP contribution in [0.5, 0.6) is 0 Å². The van der Waals surface area contributed by atoms with Crippen molar-refractivity contribution in [3.05, 3.63) is 0 Å². The Balaban J connectivity index is 1.52. The molecular weight excluding hydrogens is 186 g/mol. The average molecular weight is 203 g/mol. The van der Waals surface area contributed by atoms with Gasteiger partial charge in [0, 0.05) is 29.1 Å². The highest BCUT2D eigenvalue weighted by atomic mass is 32.2. The zero-order valence-corrected chi connectivity index (χ0v) is 9.05. The molecule has 12 heavy (non-hydrogen) atoms. The Hall–Kier alpha value is 0.660. The lowest BCUT2D eigenvalue weighted by Crippen LogP contribution is -2.30. The van der Waals surface area contributed by atoms with Gasteiger partial charge in [0.15, 0.2) is 0 Å². The number of rotatable bonds is 4. The number of nitrogens with one attached hydrogen (secondary N) is 1. The van der Waals surface area contributed by atoms with Gasteiger partial charge in [-0.1, -0.05) is 0 Å². The highest BCUT2D eigenvalue weighted by Crippen LogP contribution is 2.28. The van der Waals surface area contributed by atoms with Crippen molar-refractivity contribution in [3.8, 4) is 0 Å². The third-order valence-electron chi connectivity index (χ3n) is 2.39. The van der Waals surface area contributed by atoms with Crippen molar-refractivity contribution >= 4 is 23.5 Å². The Labute approximate surface area is 83.4 Å². The average Bonchev–Trinajstić information content (AvgIpc) is 2.90. The molecule has 0 amide bonds. The summed E-state index contributed by atoms with van der Waals surface area (Å²) < 4.78 is 0. The maximum absolute atomic E-state index is 3.58. The van der Waals surface area contributed by atoms with Gasteiger partial charge in [-0.2, -0.15) is 23.5 Å². The molecule has 1 saturated heterocycles. The fraction of sp³-hybridized carbons (Fsp3) is 1.00. The van der Waals surface area contributed by atoms with E-state index in [1.807, 2.05) is 0 Å². The molecule has 2 rings (SSSR count). The van der Waals surface area contributed by atoms with Gasteiger partial charge in [-0.15, -0.1) is 0 Å². The molecular formula is C9H17NS2. The molecule has 0 spiro atoms. The highest BCUT2D eigenvalue weighted by Gasteiger charge is 2.21. The van der Waals surface area contributed by atoms with Crippen molar-refractivity contribution in [1.82, 2.24) is 5.32 Å². The summed E-state index contributed by atoms with van der Waals surface area (Å²) in [6.07, 6.45) is 2.94. The number of hydrogen-bond donors (Lipinski definition) is 1. The third kappa shape index (κ3) is 3.19. The Bertz CT molecular complexity index is 130. The van der Waals surface area contributed by atoms with Crippen molar-refractivity contribution in [2.45, 2.75) is 18.1 Å². The maximum atomic E-state index is 3.58. The zero-order valence-electron chi connectivity index (χ0n) is 7.42. The van der Waals surface area contributed by atoms with Crippen LogP contribution in [0.25, 0.3) is 0 Å². The van der Waals surface area contributed by atoms with Gasteiger partial charge in [0.2, 0.25) is 0 Å². The monoisotopic (exact) mass is 203 g/mol. The first kappa shape index (κ1) is 9.22. The maximum Gasteiger partial charge on any atom is 0.0263 e. The van der Waals surface area contributed by atoms with Crippen molar-refractivity contribution in [1.29, 1.82) is 0 Å². The van der Waals surface area contributed by atoms with Gasteiger partial charge in [-0.25, -0.2) is 0 Å². The molecule has 1 N–H and O–H groups in total.